The third-order valence-corrected chi connectivity index (χ3v) is 1.94. The van der Waals surface area contributed by atoms with Gasteiger partial charge in [0.25, 0.3) is 0 Å². The highest BCUT2D eigenvalue weighted by Crippen LogP contribution is 2.10. The van der Waals surface area contributed by atoms with E-state index in [1.165, 1.54) is 0 Å². The van der Waals surface area contributed by atoms with Crippen molar-refractivity contribution >= 4 is 15.9 Å². The lowest BCUT2D eigenvalue weighted by molar-refractivity contribution is 0.791. The maximum absolute atomic E-state index is 4.20. The number of imidazole rings is 1. The fourth-order valence-corrected chi connectivity index (χ4v) is 1.02. The summed E-state index contributed by atoms with van der Waals surface area (Å²) in [6.45, 7) is 4.24. The summed E-state index contributed by atoms with van der Waals surface area (Å²) < 4.78 is 0. The molecule has 0 amide bonds. The van der Waals surface area contributed by atoms with Crippen LogP contribution in [0.25, 0.3) is 0 Å². The number of alkyl halides is 1. The summed E-state index contributed by atoms with van der Waals surface area (Å²) in [6.07, 6.45) is 1.87. The van der Waals surface area contributed by atoms with Gasteiger partial charge < -0.3 is 4.98 Å². The van der Waals surface area contributed by atoms with E-state index in [-0.39, 0.29) is 0 Å². The molecule has 10 heavy (non-hydrogen) atoms. The van der Waals surface area contributed by atoms with Crippen molar-refractivity contribution in [1.82, 2.24) is 9.97 Å². The fraction of sp³-hybridized carbons (Fsp3) is 0.571. The third kappa shape index (κ3) is 1.59. The molecule has 1 rings (SSSR count). The maximum Gasteiger partial charge on any atom is 0.108 e. The minimum Gasteiger partial charge on any atom is -0.345 e. The molecule has 1 aromatic heterocycles. The molecule has 1 N–H and O–H groups in total. The van der Waals surface area contributed by atoms with Crippen molar-refractivity contribution in [3.8, 4) is 0 Å². The largest absolute Gasteiger partial charge is 0.345 e. The second-order valence-corrected chi connectivity index (χ2v) is 3.14. The van der Waals surface area contributed by atoms with Crippen molar-refractivity contribution in [2.45, 2.75) is 25.1 Å². The van der Waals surface area contributed by atoms with Crippen LogP contribution in [0.4, 0.5) is 0 Å². The van der Waals surface area contributed by atoms with Gasteiger partial charge in [-0.15, -0.1) is 0 Å². The van der Waals surface area contributed by atoms with Gasteiger partial charge in [0, 0.05) is 23.1 Å². The number of hydrogen-bond donors (Lipinski definition) is 1. The number of aromatic nitrogens is 2. The summed E-state index contributed by atoms with van der Waals surface area (Å²) in [4.78, 5) is 7.41. The molecular weight excluding hydrogens is 192 g/mol. The summed E-state index contributed by atoms with van der Waals surface area (Å²) in [6, 6.07) is 0. The highest BCUT2D eigenvalue weighted by atomic mass is 79.9. The Morgan fingerprint density at radius 3 is 2.70 bits per heavy atom. The molecule has 0 bridgehead atoms. The standard InChI is InChI=1S/C7H11BrN2/c1-5(2)7-9-4-6(3-8)10-7/h4-5H,3H2,1-2H3,(H,9,10). The first-order valence-corrected chi connectivity index (χ1v) is 4.46. The molecule has 0 saturated carbocycles. The van der Waals surface area contributed by atoms with Crippen LogP contribution < -0.4 is 0 Å². The first-order valence-electron chi connectivity index (χ1n) is 3.33. The molecule has 0 atom stereocenters. The summed E-state index contributed by atoms with van der Waals surface area (Å²) in [5, 5.41) is 0.854. The van der Waals surface area contributed by atoms with Crippen molar-refractivity contribution in [2.75, 3.05) is 0 Å². The molecule has 0 aliphatic heterocycles. The normalized spacial score (nSPS) is 10.8. The molecule has 3 heteroatoms. The molecule has 2 nitrogen and oxygen atoms in total. The second-order valence-electron chi connectivity index (χ2n) is 2.58. The fourth-order valence-electron chi connectivity index (χ4n) is 0.738. The van der Waals surface area contributed by atoms with Crippen molar-refractivity contribution < 1.29 is 0 Å². The molecule has 0 spiro atoms. The molecule has 0 fully saturated rings. The van der Waals surface area contributed by atoms with Crippen LogP contribution in [-0.2, 0) is 5.33 Å². The zero-order valence-electron chi connectivity index (χ0n) is 6.19. The monoisotopic (exact) mass is 202 g/mol. The van der Waals surface area contributed by atoms with E-state index in [0.29, 0.717) is 5.92 Å². The van der Waals surface area contributed by atoms with E-state index in [1.807, 2.05) is 6.20 Å². The third-order valence-electron chi connectivity index (χ3n) is 1.34. The van der Waals surface area contributed by atoms with Crippen LogP contribution in [0.5, 0.6) is 0 Å². The highest BCUT2D eigenvalue weighted by Gasteiger charge is 2.02. The van der Waals surface area contributed by atoms with E-state index in [0.717, 1.165) is 16.8 Å². The van der Waals surface area contributed by atoms with Gasteiger partial charge in [0.1, 0.15) is 5.82 Å². The first kappa shape index (κ1) is 7.79. The molecule has 1 aromatic rings. The Morgan fingerprint density at radius 2 is 2.40 bits per heavy atom. The number of hydrogen-bond acceptors (Lipinski definition) is 1. The SMILES string of the molecule is CC(C)c1ncc(CBr)[nH]1. The predicted octanol–water partition coefficient (Wildman–Crippen LogP) is 2.43. The average molecular weight is 203 g/mol. The summed E-state index contributed by atoms with van der Waals surface area (Å²) in [5.74, 6) is 1.56. The second kappa shape index (κ2) is 3.19. The van der Waals surface area contributed by atoms with Gasteiger partial charge in [0.15, 0.2) is 0 Å². The van der Waals surface area contributed by atoms with Crippen LogP contribution >= 0.6 is 15.9 Å². The van der Waals surface area contributed by atoms with Crippen LogP contribution in [0.3, 0.4) is 0 Å². The van der Waals surface area contributed by atoms with Gasteiger partial charge in [-0.1, -0.05) is 29.8 Å². The van der Waals surface area contributed by atoms with E-state index >= 15 is 0 Å². The number of aromatic amines is 1. The number of rotatable bonds is 2. The van der Waals surface area contributed by atoms with Crippen LogP contribution in [0.1, 0.15) is 31.3 Å². The van der Waals surface area contributed by atoms with Gasteiger partial charge in [-0.2, -0.15) is 0 Å². The molecular formula is C7H11BrN2. The minimum atomic E-state index is 0.493. The zero-order chi connectivity index (χ0) is 7.56. The highest BCUT2D eigenvalue weighted by molar-refractivity contribution is 9.08. The van der Waals surface area contributed by atoms with E-state index in [9.17, 15) is 0 Å². The number of nitrogens with one attached hydrogen (secondary N) is 1. The molecule has 56 valence electrons. The van der Waals surface area contributed by atoms with E-state index in [2.05, 4.69) is 39.7 Å². The Bertz CT molecular complexity index is 205. The lowest BCUT2D eigenvalue weighted by atomic mass is 10.2. The first-order chi connectivity index (χ1) is 4.74. The average Bonchev–Trinajstić information content (AvgIpc) is 2.34. The maximum atomic E-state index is 4.20. The van der Waals surface area contributed by atoms with Crippen LogP contribution in [-0.4, -0.2) is 9.97 Å². The Balaban J connectivity index is 2.78. The van der Waals surface area contributed by atoms with Gasteiger partial charge >= 0.3 is 0 Å². The van der Waals surface area contributed by atoms with Crippen LogP contribution in [0, 0.1) is 0 Å². The Kier molecular flexibility index (Phi) is 2.49. The minimum absolute atomic E-state index is 0.493. The smallest absolute Gasteiger partial charge is 0.108 e. The molecule has 0 unspecified atom stereocenters. The molecule has 0 saturated heterocycles. The number of nitrogens with zero attached hydrogens (tertiary/aromatic N) is 1. The predicted molar refractivity (Wildman–Crippen MR) is 45.3 cm³/mol. The van der Waals surface area contributed by atoms with E-state index in [1.54, 1.807) is 0 Å². The van der Waals surface area contributed by atoms with Crippen molar-refractivity contribution in [3.63, 3.8) is 0 Å². The number of H-pyrrole nitrogens is 1. The summed E-state index contributed by atoms with van der Waals surface area (Å²) in [5.41, 5.74) is 1.14. The lowest BCUT2D eigenvalue weighted by Crippen LogP contribution is -1.89. The number of halogens is 1. The van der Waals surface area contributed by atoms with Crippen molar-refractivity contribution in [1.29, 1.82) is 0 Å². The van der Waals surface area contributed by atoms with Crippen molar-refractivity contribution in [2.24, 2.45) is 0 Å². The van der Waals surface area contributed by atoms with Crippen molar-refractivity contribution in [3.05, 3.63) is 17.7 Å². The molecule has 0 radical (unpaired) electrons. The topological polar surface area (TPSA) is 28.7 Å². The van der Waals surface area contributed by atoms with E-state index in [4.69, 9.17) is 0 Å². The van der Waals surface area contributed by atoms with Gasteiger partial charge in [-0.05, 0) is 0 Å². The Morgan fingerprint density at radius 1 is 1.70 bits per heavy atom. The molecule has 0 aromatic carbocycles. The Labute approximate surface area is 69.2 Å². The summed E-state index contributed by atoms with van der Waals surface area (Å²) in [7, 11) is 0. The van der Waals surface area contributed by atoms with E-state index < -0.39 is 0 Å². The molecule has 1 heterocycles. The molecule has 0 aliphatic carbocycles. The van der Waals surface area contributed by atoms with Gasteiger partial charge in [0.05, 0.1) is 0 Å². The van der Waals surface area contributed by atoms with Gasteiger partial charge in [-0.3, -0.25) is 0 Å². The lowest BCUT2D eigenvalue weighted by Gasteiger charge is -1.96. The Hall–Kier alpha value is -0.310. The zero-order valence-corrected chi connectivity index (χ0v) is 7.77. The van der Waals surface area contributed by atoms with Crippen LogP contribution in [0.15, 0.2) is 6.20 Å². The molecule has 0 aliphatic rings. The van der Waals surface area contributed by atoms with Gasteiger partial charge in [0.2, 0.25) is 0 Å². The summed E-state index contributed by atoms with van der Waals surface area (Å²) >= 11 is 3.35. The van der Waals surface area contributed by atoms with Crippen LogP contribution in [0.2, 0.25) is 0 Å². The quantitative estimate of drug-likeness (QED) is 0.734. The van der Waals surface area contributed by atoms with Gasteiger partial charge in [-0.25, -0.2) is 4.98 Å².